The molecule has 122 valence electrons. The number of hydrogen-bond donors (Lipinski definition) is 1. The predicted molar refractivity (Wildman–Crippen MR) is 93.2 cm³/mol. The molecule has 2 aromatic rings. The van der Waals surface area contributed by atoms with E-state index in [1.165, 1.54) is 16.0 Å². The summed E-state index contributed by atoms with van der Waals surface area (Å²) in [6, 6.07) is 6.10. The molecule has 0 spiro atoms. The lowest BCUT2D eigenvalue weighted by Gasteiger charge is -2.34. The predicted octanol–water partition coefficient (Wildman–Crippen LogP) is 3.12. The van der Waals surface area contributed by atoms with Gasteiger partial charge in [-0.3, -0.25) is 14.7 Å². The van der Waals surface area contributed by atoms with Crippen molar-refractivity contribution in [3.05, 3.63) is 52.0 Å². The maximum atomic E-state index is 12.6. The minimum atomic E-state index is -0.0239. The van der Waals surface area contributed by atoms with Gasteiger partial charge in [-0.15, -0.1) is 11.3 Å². The molecule has 2 aromatic heterocycles. The van der Waals surface area contributed by atoms with Crippen LogP contribution in [0.4, 0.5) is 0 Å². The highest BCUT2D eigenvalue weighted by atomic mass is 32.1. The Labute approximate surface area is 141 Å². The van der Waals surface area contributed by atoms with Gasteiger partial charge in [0, 0.05) is 23.8 Å². The molecule has 3 heterocycles. The summed E-state index contributed by atoms with van der Waals surface area (Å²) < 4.78 is 0. The largest absolute Gasteiger partial charge is 0.350 e. The maximum Gasteiger partial charge on any atom is 0.237 e. The molecule has 0 bridgehead atoms. The summed E-state index contributed by atoms with van der Waals surface area (Å²) in [5.74, 6) is 0.154. The number of aryl methyl sites for hydroxylation is 1. The molecule has 1 aliphatic heterocycles. The summed E-state index contributed by atoms with van der Waals surface area (Å²) in [5.41, 5.74) is 2.42. The first-order chi connectivity index (χ1) is 11.2. The lowest BCUT2D eigenvalue weighted by molar-refractivity contribution is -0.128. The highest BCUT2D eigenvalue weighted by Crippen LogP contribution is 2.20. The fourth-order valence-corrected chi connectivity index (χ4v) is 3.92. The quantitative estimate of drug-likeness (QED) is 0.917. The highest BCUT2D eigenvalue weighted by molar-refractivity contribution is 7.10. The number of rotatable bonds is 5. The Morgan fingerprint density at radius 2 is 2.35 bits per heavy atom. The van der Waals surface area contributed by atoms with E-state index >= 15 is 0 Å². The van der Waals surface area contributed by atoms with Gasteiger partial charge < -0.3 is 5.32 Å². The summed E-state index contributed by atoms with van der Waals surface area (Å²) in [6.45, 7) is 4.50. The van der Waals surface area contributed by atoms with Gasteiger partial charge in [-0.25, -0.2) is 0 Å². The van der Waals surface area contributed by atoms with Gasteiger partial charge >= 0.3 is 0 Å². The van der Waals surface area contributed by atoms with E-state index in [1.807, 2.05) is 12.3 Å². The molecule has 1 amide bonds. The monoisotopic (exact) mass is 329 g/mol. The van der Waals surface area contributed by atoms with Crippen LogP contribution in [0.3, 0.4) is 0 Å². The molecule has 1 N–H and O–H groups in total. The van der Waals surface area contributed by atoms with Crippen LogP contribution in [-0.2, 0) is 17.9 Å². The van der Waals surface area contributed by atoms with Gasteiger partial charge in [0.15, 0.2) is 0 Å². The van der Waals surface area contributed by atoms with E-state index in [0.29, 0.717) is 6.54 Å². The van der Waals surface area contributed by atoms with E-state index < -0.39 is 0 Å². The zero-order valence-electron chi connectivity index (χ0n) is 13.5. The Morgan fingerprint density at radius 3 is 3.09 bits per heavy atom. The number of nitrogens with one attached hydrogen (secondary N) is 1. The van der Waals surface area contributed by atoms with Crippen LogP contribution in [0.25, 0.3) is 0 Å². The van der Waals surface area contributed by atoms with Crippen LogP contribution in [0.15, 0.2) is 36.0 Å². The van der Waals surface area contributed by atoms with E-state index in [4.69, 9.17) is 0 Å². The van der Waals surface area contributed by atoms with Crippen molar-refractivity contribution in [2.45, 2.75) is 45.3 Å². The minimum Gasteiger partial charge on any atom is -0.350 e. The molecule has 1 saturated heterocycles. The molecule has 1 fully saturated rings. The molecule has 23 heavy (non-hydrogen) atoms. The maximum absolute atomic E-state index is 12.6. The van der Waals surface area contributed by atoms with Gasteiger partial charge in [-0.1, -0.05) is 12.5 Å². The van der Waals surface area contributed by atoms with Crippen LogP contribution in [0.1, 0.15) is 35.3 Å². The zero-order valence-corrected chi connectivity index (χ0v) is 14.3. The molecule has 3 rings (SSSR count). The van der Waals surface area contributed by atoms with Crippen LogP contribution < -0.4 is 5.32 Å². The Balaban J connectivity index is 1.61. The molecule has 0 saturated carbocycles. The second-order valence-electron chi connectivity index (χ2n) is 6.09. The number of aromatic nitrogens is 1. The summed E-state index contributed by atoms with van der Waals surface area (Å²) in [4.78, 5) is 20.3. The second-order valence-corrected chi connectivity index (χ2v) is 7.09. The van der Waals surface area contributed by atoms with Gasteiger partial charge in [-0.2, -0.15) is 0 Å². The SMILES string of the molecule is Cc1ccsc1CNC(=O)[C@@H]1CCCCN1Cc1cccnc1. The summed E-state index contributed by atoms with van der Waals surface area (Å²) in [5, 5.41) is 5.20. The van der Waals surface area contributed by atoms with Crippen LogP contribution in [0.2, 0.25) is 0 Å². The summed E-state index contributed by atoms with van der Waals surface area (Å²) >= 11 is 1.71. The van der Waals surface area contributed by atoms with Crippen molar-refractivity contribution in [1.29, 1.82) is 0 Å². The van der Waals surface area contributed by atoms with E-state index in [0.717, 1.165) is 32.4 Å². The smallest absolute Gasteiger partial charge is 0.237 e. The molecular weight excluding hydrogens is 306 g/mol. The lowest BCUT2D eigenvalue weighted by atomic mass is 10.0. The van der Waals surface area contributed by atoms with Crippen molar-refractivity contribution >= 4 is 17.2 Å². The molecule has 0 unspecified atom stereocenters. The highest BCUT2D eigenvalue weighted by Gasteiger charge is 2.28. The Morgan fingerprint density at radius 1 is 1.43 bits per heavy atom. The molecular formula is C18H23N3OS. The average Bonchev–Trinajstić information content (AvgIpc) is 2.99. The Kier molecular flexibility index (Phi) is 5.41. The fraction of sp³-hybridized carbons (Fsp3) is 0.444. The van der Waals surface area contributed by atoms with Crippen molar-refractivity contribution in [1.82, 2.24) is 15.2 Å². The van der Waals surface area contributed by atoms with Gasteiger partial charge in [0.1, 0.15) is 0 Å². The molecule has 4 nitrogen and oxygen atoms in total. The van der Waals surface area contributed by atoms with Gasteiger partial charge in [0.05, 0.1) is 12.6 Å². The third-order valence-corrected chi connectivity index (χ3v) is 5.44. The van der Waals surface area contributed by atoms with Crippen LogP contribution in [-0.4, -0.2) is 28.4 Å². The van der Waals surface area contributed by atoms with Crippen LogP contribution in [0, 0.1) is 6.92 Å². The summed E-state index contributed by atoms with van der Waals surface area (Å²) in [7, 11) is 0. The van der Waals surface area contributed by atoms with Crippen molar-refractivity contribution in [2.75, 3.05) is 6.54 Å². The number of carbonyl (C=O) groups is 1. The first kappa shape index (κ1) is 16.1. The minimum absolute atomic E-state index is 0.0239. The fourth-order valence-electron chi connectivity index (χ4n) is 3.07. The van der Waals surface area contributed by atoms with Crippen LogP contribution in [0.5, 0.6) is 0 Å². The van der Waals surface area contributed by atoms with Gasteiger partial charge in [0.2, 0.25) is 5.91 Å². The molecule has 1 aliphatic rings. The van der Waals surface area contributed by atoms with E-state index in [2.05, 4.69) is 39.6 Å². The van der Waals surface area contributed by atoms with Crippen molar-refractivity contribution in [2.24, 2.45) is 0 Å². The third-order valence-electron chi connectivity index (χ3n) is 4.42. The van der Waals surface area contributed by atoms with Crippen molar-refractivity contribution < 1.29 is 4.79 Å². The van der Waals surface area contributed by atoms with E-state index in [9.17, 15) is 4.79 Å². The molecule has 5 heteroatoms. The van der Waals surface area contributed by atoms with Gasteiger partial charge in [-0.05, 0) is 54.9 Å². The number of likely N-dealkylation sites (tertiary alicyclic amines) is 1. The standard InChI is InChI=1S/C18H23N3OS/c1-14-7-10-23-17(14)12-20-18(22)16-6-2-3-9-21(16)13-15-5-4-8-19-11-15/h4-5,7-8,10-11,16H,2-3,6,9,12-13H2,1H3,(H,20,22)/t16-/m0/s1. The number of nitrogens with zero attached hydrogens (tertiary/aromatic N) is 2. The average molecular weight is 329 g/mol. The number of hydrogen-bond acceptors (Lipinski definition) is 4. The summed E-state index contributed by atoms with van der Waals surface area (Å²) in [6.07, 6.45) is 6.90. The molecule has 0 radical (unpaired) electrons. The number of piperidine rings is 1. The Hall–Kier alpha value is -1.72. The first-order valence-electron chi connectivity index (χ1n) is 8.17. The number of amides is 1. The number of pyridine rings is 1. The van der Waals surface area contributed by atoms with Crippen LogP contribution >= 0.6 is 11.3 Å². The third kappa shape index (κ3) is 4.18. The molecule has 0 aliphatic carbocycles. The first-order valence-corrected chi connectivity index (χ1v) is 9.05. The van der Waals surface area contributed by atoms with Crippen molar-refractivity contribution in [3.63, 3.8) is 0 Å². The normalized spacial score (nSPS) is 18.7. The number of thiophene rings is 1. The molecule has 0 aromatic carbocycles. The number of carbonyl (C=O) groups excluding carboxylic acids is 1. The second kappa shape index (κ2) is 7.70. The zero-order chi connectivity index (χ0) is 16.1. The lowest BCUT2D eigenvalue weighted by Crippen LogP contribution is -2.48. The van der Waals surface area contributed by atoms with E-state index in [-0.39, 0.29) is 11.9 Å². The van der Waals surface area contributed by atoms with E-state index in [1.54, 1.807) is 17.5 Å². The topological polar surface area (TPSA) is 45.2 Å². The van der Waals surface area contributed by atoms with Crippen molar-refractivity contribution in [3.8, 4) is 0 Å². The Bertz CT molecular complexity index is 641. The molecule has 1 atom stereocenters. The van der Waals surface area contributed by atoms with Gasteiger partial charge in [0.25, 0.3) is 0 Å².